The summed E-state index contributed by atoms with van der Waals surface area (Å²) in [4.78, 5) is 0. The van der Waals surface area contributed by atoms with Crippen LogP contribution in [0.2, 0.25) is 0 Å². The van der Waals surface area contributed by atoms with Crippen LogP contribution in [0.15, 0.2) is 35.9 Å². The van der Waals surface area contributed by atoms with Gasteiger partial charge in [-0.25, -0.2) is 0 Å². The van der Waals surface area contributed by atoms with Crippen molar-refractivity contribution in [1.82, 2.24) is 0 Å². The topological polar surface area (TPSA) is 40.5 Å². The Kier molecular flexibility index (Phi) is 4.88. The third-order valence-electron chi connectivity index (χ3n) is 8.20. The van der Waals surface area contributed by atoms with Crippen LogP contribution in [0, 0.1) is 17.3 Å². The van der Waals surface area contributed by atoms with Crippen molar-refractivity contribution in [3.63, 3.8) is 0 Å². The molecular formula is C26H36O2. The van der Waals surface area contributed by atoms with Crippen molar-refractivity contribution in [3.05, 3.63) is 47.1 Å². The Morgan fingerprint density at radius 2 is 1.75 bits per heavy atom. The van der Waals surface area contributed by atoms with Crippen molar-refractivity contribution in [3.8, 4) is 11.5 Å². The maximum atomic E-state index is 11.0. The number of fused-ring (bicyclic) bond motifs is 1. The van der Waals surface area contributed by atoms with Gasteiger partial charge in [0.15, 0.2) is 0 Å². The number of allylic oxidation sites excluding steroid dienone is 4. The van der Waals surface area contributed by atoms with E-state index in [-0.39, 0.29) is 28.2 Å². The summed E-state index contributed by atoms with van der Waals surface area (Å²) in [7, 11) is 0. The lowest BCUT2D eigenvalue weighted by molar-refractivity contribution is -0.0198. The maximum absolute atomic E-state index is 11.0. The monoisotopic (exact) mass is 380 g/mol. The molecule has 0 unspecified atom stereocenters. The summed E-state index contributed by atoms with van der Waals surface area (Å²) < 4.78 is 0. The van der Waals surface area contributed by atoms with Crippen LogP contribution in [-0.2, 0) is 5.41 Å². The summed E-state index contributed by atoms with van der Waals surface area (Å²) in [5, 5.41) is 22.1. The van der Waals surface area contributed by atoms with Crippen molar-refractivity contribution >= 4 is 0 Å². The molecule has 0 aliphatic heterocycles. The van der Waals surface area contributed by atoms with Gasteiger partial charge in [-0.15, -0.1) is 0 Å². The quantitative estimate of drug-likeness (QED) is 0.541. The summed E-state index contributed by atoms with van der Waals surface area (Å²) in [6.07, 6.45) is 15.0. The predicted molar refractivity (Wildman–Crippen MR) is 116 cm³/mol. The fraction of sp³-hybridized carbons (Fsp3) is 0.615. The molecule has 0 aromatic heterocycles. The second-order valence-corrected chi connectivity index (χ2v) is 10.1. The van der Waals surface area contributed by atoms with Crippen LogP contribution in [0.4, 0.5) is 0 Å². The van der Waals surface area contributed by atoms with Crippen molar-refractivity contribution in [2.45, 2.75) is 84.0 Å². The van der Waals surface area contributed by atoms with Crippen molar-refractivity contribution < 1.29 is 10.2 Å². The molecule has 2 bridgehead atoms. The number of benzene rings is 1. The average Bonchev–Trinajstić information content (AvgIpc) is 3.10. The molecule has 0 spiro atoms. The van der Waals surface area contributed by atoms with Gasteiger partial charge in [-0.05, 0) is 67.6 Å². The highest BCUT2D eigenvalue weighted by atomic mass is 16.3. The summed E-state index contributed by atoms with van der Waals surface area (Å²) in [5.41, 5.74) is 3.46. The largest absolute Gasteiger partial charge is 0.507 e. The number of hydrogen-bond acceptors (Lipinski definition) is 2. The van der Waals surface area contributed by atoms with E-state index in [1.54, 1.807) is 0 Å². The van der Waals surface area contributed by atoms with Crippen LogP contribution < -0.4 is 0 Å². The second kappa shape index (κ2) is 6.97. The predicted octanol–water partition coefficient (Wildman–Crippen LogP) is 6.97. The molecule has 0 saturated heterocycles. The fourth-order valence-electron chi connectivity index (χ4n) is 6.43. The van der Waals surface area contributed by atoms with Gasteiger partial charge >= 0.3 is 0 Å². The van der Waals surface area contributed by atoms with Crippen molar-refractivity contribution in [2.75, 3.05) is 0 Å². The molecular weight excluding hydrogens is 344 g/mol. The van der Waals surface area contributed by atoms with E-state index in [9.17, 15) is 10.2 Å². The average molecular weight is 381 g/mol. The van der Waals surface area contributed by atoms with Gasteiger partial charge in [0, 0.05) is 16.9 Å². The Hall–Kier alpha value is -1.70. The van der Waals surface area contributed by atoms with Gasteiger partial charge in [-0.2, -0.15) is 0 Å². The Labute approximate surface area is 170 Å². The molecule has 2 N–H and O–H groups in total. The zero-order chi connectivity index (χ0) is 20.1. The van der Waals surface area contributed by atoms with E-state index < -0.39 is 0 Å². The van der Waals surface area contributed by atoms with Crippen LogP contribution >= 0.6 is 0 Å². The lowest BCUT2D eigenvalue weighted by Crippen LogP contribution is -2.50. The lowest BCUT2D eigenvalue weighted by Gasteiger charge is -2.59. The molecule has 1 aromatic carbocycles. The number of aromatic hydroxyl groups is 2. The van der Waals surface area contributed by atoms with Gasteiger partial charge in [0.05, 0.1) is 0 Å². The molecule has 3 atom stereocenters. The number of phenols is 2. The zero-order valence-corrected chi connectivity index (χ0v) is 18.0. The molecule has 28 heavy (non-hydrogen) atoms. The minimum Gasteiger partial charge on any atom is -0.507 e. The molecule has 152 valence electrons. The molecule has 2 saturated carbocycles. The Morgan fingerprint density at radius 3 is 2.29 bits per heavy atom. The number of unbranched alkanes of at least 4 members (excludes halogenated alkanes) is 1. The number of phenolic OH excluding ortho intramolecular Hbond substituents is 2. The van der Waals surface area contributed by atoms with E-state index in [1.165, 1.54) is 24.8 Å². The Bertz CT molecular complexity index is 785. The van der Waals surface area contributed by atoms with Gasteiger partial charge in [0.1, 0.15) is 11.5 Å². The first kappa shape index (κ1) is 19.6. The number of rotatable bonds is 5. The van der Waals surface area contributed by atoms with Crippen LogP contribution in [0.1, 0.15) is 89.7 Å². The lowest BCUT2D eigenvalue weighted by atomic mass is 9.45. The third-order valence-corrected chi connectivity index (χ3v) is 8.20. The van der Waals surface area contributed by atoms with Crippen LogP contribution in [0.3, 0.4) is 0 Å². The standard InChI is InChI=1S/C26H36O2/c1-5-6-7-10-26(11-8-9-12-26)18-14-22(27)24(23(28)15-18)19-13-17(2)20-16-21(19)25(20,3)4/h7,10,13-15,19-21,27-28H,5-6,8-9,11-12,16H2,1-4H3/b10-7+/t19-,20+,21-/m1/s1. The fourth-order valence-corrected chi connectivity index (χ4v) is 6.43. The third kappa shape index (κ3) is 2.91. The summed E-state index contributed by atoms with van der Waals surface area (Å²) in [6, 6.07) is 3.91. The van der Waals surface area contributed by atoms with E-state index in [0.29, 0.717) is 11.8 Å². The normalized spacial score (nSPS) is 30.3. The number of hydrogen-bond donors (Lipinski definition) is 2. The highest BCUT2D eigenvalue weighted by Gasteiger charge is 2.55. The molecule has 2 fully saturated rings. The van der Waals surface area contributed by atoms with E-state index in [4.69, 9.17) is 0 Å². The SMILES string of the molecule is CCC/C=C/C1(c2cc(O)c([C@@H]3C=C(C)[C@@H]4C[C@H]3C4(C)C)c(O)c2)CCCC1. The van der Waals surface area contributed by atoms with Crippen LogP contribution in [-0.4, -0.2) is 10.2 Å². The van der Waals surface area contributed by atoms with E-state index in [2.05, 4.69) is 45.9 Å². The molecule has 5 rings (SSSR count). The smallest absolute Gasteiger partial charge is 0.123 e. The first-order valence-electron chi connectivity index (χ1n) is 11.2. The molecule has 0 radical (unpaired) electrons. The van der Waals surface area contributed by atoms with Gasteiger partial charge in [-0.3, -0.25) is 0 Å². The second-order valence-electron chi connectivity index (χ2n) is 10.1. The molecule has 4 aliphatic carbocycles. The summed E-state index contributed by atoms with van der Waals surface area (Å²) in [6.45, 7) is 9.08. The summed E-state index contributed by atoms with van der Waals surface area (Å²) >= 11 is 0. The van der Waals surface area contributed by atoms with E-state index in [0.717, 1.165) is 36.8 Å². The highest BCUT2D eigenvalue weighted by molar-refractivity contribution is 5.54. The minimum absolute atomic E-state index is 0.0260. The van der Waals surface area contributed by atoms with E-state index >= 15 is 0 Å². The van der Waals surface area contributed by atoms with Crippen LogP contribution in [0.25, 0.3) is 0 Å². The first-order chi connectivity index (χ1) is 13.3. The van der Waals surface area contributed by atoms with Crippen LogP contribution in [0.5, 0.6) is 11.5 Å². The Balaban J connectivity index is 1.73. The maximum Gasteiger partial charge on any atom is 0.123 e. The molecule has 2 heteroatoms. The van der Waals surface area contributed by atoms with Gasteiger partial charge < -0.3 is 10.2 Å². The van der Waals surface area contributed by atoms with Gasteiger partial charge in [0.25, 0.3) is 0 Å². The van der Waals surface area contributed by atoms with E-state index in [1.807, 2.05) is 12.1 Å². The molecule has 0 amide bonds. The zero-order valence-electron chi connectivity index (χ0n) is 18.0. The molecule has 2 nitrogen and oxygen atoms in total. The minimum atomic E-state index is -0.0260. The van der Waals surface area contributed by atoms with Gasteiger partial charge in [0.2, 0.25) is 0 Å². The highest BCUT2D eigenvalue weighted by Crippen LogP contribution is 2.65. The molecule has 1 aromatic rings. The van der Waals surface area contributed by atoms with Gasteiger partial charge in [-0.1, -0.05) is 63.8 Å². The molecule has 4 aliphatic rings. The van der Waals surface area contributed by atoms with Crippen molar-refractivity contribution in [1.29, 1.82) is 0 Å². The molecule has 0 heterocycles. The first-order valence-corrected chi connectivity index (χ1v) is 11.2. The van der Waals surface area contributed by atoms with Crippen molar-refractivity contribution in [2.24, 2.45) is 17.3 Å². The Morgan fingerprint density at radius 1 is 1.11 bits per heavy atom. The summed E-state index contributed by atoms with van der Waals surface area (Å²) in [5.74, 6) is 1.82.